The Labute approximate surface area is 120 Å². The van der Waals surface area contributed by atoms with Gasteiger partial charge in [-0.05, 0) is 43.4 Å². The van der Waals surface area contributed by atoms with Gasteiger partial charge in [-0.15, -0.1) is 0 Å². The molecule has 1 aliphatic rings. The van der Waals surface area contributed by atoms with Gasteiger partial charge in [-0.2, -0.15) is 0 Å². The van der Waals surface area contributed by atoms with Crippen LogP contribution in [0.1, 0.15) is 56.3 Å². The molecule has 2 N–H and O–H groups in total. The van der Waals surface area contributed by atoms with Crippen LogP contribution >= 0.6 is 11.6 Å². The molecule has 0 bridgehead atoms. The lowest BCUT2D eigenvalue weighted by Crippen LogP contribution is -2.30. The van der Waals surface area contributed by atoms with Crippen molar-refractivity contribution < 1.29 is 4.79 Å². The second kappa shape index (κ2) is 5.54. The zero-order chi connectivity index (χ0) is 14.0. The van der Waals surface area contributed by atoms with Gasteiger partial charge in [0, 0.05) is 11.0 Å². The minimum atomic E-state index is -0.173. The van der Waals surface area contributed by atoms with E-state index in [0.29, 0.717) is 22.2 Å². The van der Waals surface area contributed by atoms with Gasteiger partial charge in [0.25, 0.3) is 0 Å². The van der Waals surface area contributed by atoms with Crippen LogP contribution in [-0.4, -0.2) is 5.78 Å². The molecule has 0 radical (unpaired) electrons. The highest BCUT2D eigenvalue weighted by Gasteiger charge is 2.41. The molecular weight excluding hydrogens is 258 g/mol. The molecule has 0 saturated heterocycles. The fraction of sp³-hybridized carbons (Fsp3) is 0.562. The number of hydrogen-bond donors (Lipinski definition) is 1. The van der Waals surface area contributed by atoms with Crippen LogP contribution in [0.4, 0.5) is 5.69 Å². The van der Waals surface area contributed by atoms with Crippen LogP contribution in [-0.2, 0) is 0 Å². The second-order valence-corrected chi connectivity index (χ2v) is 6.56. The molecule has 1 saturated carbocycles. The zero-order valence-corrected chi connectivity index (χ0v) is 12.5. The van der Waals surface area contributed by atoms with E-state index in [1.165, 1.54) is 0 Å². The van der Waals surface area contributed by atoms with Crippen molar-refractivity contribution in [2.45, 2.75) is 46.0 Å². The Morgan fingerprint density at radius 2 is 2.00 bits per heavy atom. The Hall–Kier alpha value is -1.02. The molecule has 0 amide bonds. The van der Waals surface area contributed by atoms with Gasteiger partial charge < -0.3 is 5.73 Å². The molecule has 3 heteroatoms. The molecule has 19 heavy (non-hydrogen) atoms. The molecule has 0 spiro atoms. The van der Waals surface area contributed by atoms with Crippen molar-refractivity contribution in [3.8, 4) is 0 Å². The second-order valence-electron chi connectivity index (χ2n) is 6.15. The van der Waals surface area contributed by atoms with Gasteiger partial charge in [-0.3, -0.25) is 4.79 Å². The standard InChI is InChI=1S/C16H22ClNO/c1-11(2)10-16(7-3-4-8-16)15(19)12-5-6-14(18)13(17)9-12/h5-6,9,11H,3-4,7-8,10,18H2,1-2H3. The molecule has 0 atom stereocenters. The number of Topliss-reactive ketones (excluding diaryl/α,β-unsaturated/α-hetero) is 1. The Morgan fingerprint density at radius 3 is 2.53 bits per heavy atom. The summed E-state index contributed by atoms with van der Waals surface area (Å²) in [6.45, 7) is 4.37. The van der Waals surface area contributed by atoms with Crippen molar-refractivity contribution in [1.29, 1.82) is 0 Å². The van der Waals surface area contributed by atoms with Gasteiger partial charge in [0.2, 0.25) is 0 Å². The fourth-order valence-corrected chi connectivity index (χ4v) is 3.51. The molecule has 0 aliphatic heterocycles. The van der Waals surface area contributed by atoms with Gasteiger partial charge in [0.1, 0.15) is 0 Å². The van der Waals surface area contributed by atoms with Gasteiger partial charge in [-0.1, -0.05) is 38.3 Å². The maximum absolute atomic E-state index is 12.9. The first-order chi connectivity index (χ1) is 8.94. The molecule has 1 aromatic rings. The summed E-state index contributed by atoms with van der Waals surface area (Å²) in [6.07, 6.45) is 5.29. The number of anilines is 1. The fourth-order valence-electron chi connectivity index (χ4n) is 3.33. The third-order valence-corrected chi connectivity index (χ3v) is 4.43. The van der Waals surface area contributed by atoms with E-state index in [1.54, 1.807) is 12.1 Å². The quantitative estimate of drug-likeness (QED) is 0.640. The first-order valence-electron chi connectivity index (χ1n) is 7.04. The summed E-state index contributed by atoms with van der Waals surface area (Å²) in [6, 6.07) is 5.26. The minimum absolute atomic E-state index is 0.173. The van der Waals surface area contributed by atoms with E-state index in [9.17, 15) is 4.79 Å². The van der Waals surface area contributed by atoms with Crippen LogP contribution < -0.4 is 5.73 Å². The lowest BCUT2D eigenvalue weighted by Gasteiger charge is -2.29. The number of carbonyl (C=O) groups is 1. The number of ketones is 1. The summed E-state index contributed by atoms with van der Waals surface area (Å²) >= 11 is 6.04. The molecule has 0 aromatic heterocycles. The molecule has 2 nitrogen and oxygen atoms in total. The molecule has 1 aliphatic carbocycles. The maximum Gasteiger partial charge on any atom is 0.169 e. The van der Waals surface area contributed by atoms with Crippen LogP contribution in [0.5, 0.6) is 0 Å². The normalized spacial score (nSPS) is 17.9. The average molecular weight is 280 g/mol. The maximum atomic E-state index is 12.9. The number of halogens is 1. The number of hydrogen-bond acceptors (Lipinski definition) is 2. The van der Waals surface area contributed by atoms with Crippen LogP contribution in [0.25, 0.3) is 0 Å². The van der Waals surface area contributed by atoms with Gasteiger partial charge in [-0.25, -0.2) is 0 Å². The largest absolute Gasteiger partial charge is 0.398 e. The summed E-state index contributed by atoms with van der Waals surface area (Å²) in [4.78, 5) is 12.9. The van der Waals surface area contributed by atoms with Crippen LogP contribution in [0.2, 0.25) is 5.02 Å². The van der Waals surface area contributed by atoms with E-state index in [1.807, 2.05) is 6.07 Å². The van der Waals surface area contributed by atoms with E-state index in [0.717, 1.165) is 32.1 Å². The zero-order valence-electron chi connectivity index (χ0n) is 11.7. The molecule has 1 aromatic carbocycles. The van der Waals surface area contributed by atoms with Crippen LogP contribution in [0.3, 0.4) is 0 Å². The third-order valence-electron chi connectivity index (χ3n) is 4.10. The Balaban J connectivity index is 2.31. The summed E-state index contributed by atoms with van der Waals surface area (Å²) in [5.41, 5.74) is 6.78. The first-order valence-corrected chi connectivity index (χ1v) is 7.42. The van der Waals surface area contributed by atoms with Crippen molar-refractivity contribution in [3.05, 3.63) is 28.8 Å². The molecule has 104 valence electrons. The lowest BCUT2D eigenvalue weighted by molar-refractivity contribution is 0.0760. The van der Waals surface area contributed by atoms with Crippen molar-refractivity contribution in [2.75, 3.05) is 5.73 Å². The van der Waals surface area contributed by atoms with Gasteiger partial charge in [0.15, 0.2) is 5.78 Å². The lowest BCUT2D eigenvalue weighted by atomic mass is 9.73. The summed E-state index contributed by atoms with van der Waals surface area (Å²) in [5.74, 6) is 0.784. The topological polar surface area (TPSA) is 43.1 Å². The first kappa shape index (κ1) is 14.4. The predicted molar refractivity (Wildman–Crippen MR) is 80.6 cm³/mol. The van der Waals surface area contributed by atoms with E-state index in [4.69, 9.17) is 17.3 Å². The molecule has 1 fully saturated rings. The van der Waals surface area contributed by atoms with E-state index < -0.39 is 0 Å². The number of carbonyl (C=O) groups excluding carboxylic acids is 1. The van der Waals surface area contributed by atoms with E-state index in [2.05, 4.69) is 13.8 Å². The molecule has 0 heterocycles. The van der Waals surface area contributed by atoms with Gasteiger partial charge >= 0.3 is 0 Å². The smallest absolute Gasteiger partial charge is 0.169 e. The van der Waals surface area contributed by atoms with E-state index in [-0.39, 0.29) is 11.2 Å². The number of benzene rings is 1. The van der Waals surface area contributed by atoms with E-state index >= 15 is 0 Å². The van der Waals surface area contributed by atoms with Crippen LogP contribution in [0, 0.1) is 11.3 Å². The monoisotopic (exact) mass is 279 g/mol. The molecule has 2 rings (SSSR count). The van der Waals surface area contributed by atoms with Crippen molar-refractivity contribution >= 4 is 23.1 Å². The predicted octanol–water partition coefficient (Wildman–Crippen LogP) is 4.71. The number of rotatable bonds is 4. The highest BCUT2D eigenvalue weighted by molar-refractivity contribution is 6.33. The SMILES string of the molecule is CC(C)CC1(C(=O)c2ccc(N)c(Cl)c2)CCCC1. The van der Waals surface area contributed by atoms with Crippen molar-refractivity contribution in [2.24, 2.45) is 11.3 Å². The third kappa shape index (κ3) is 2.94. The highest BCUT2D eigenvalue weighted by atomic mass is 35.5. The Morgan fingerprint density at radius 1 is 1.37 bits per heavy atom. The minimum Gasteiger partial charge on any atom is -0.398 e. The number of nitrogen functional groups attached to an aromatic ring is 1. The molecular formula is C16H22ClNO. The summed E-state index contributed by atoms with van der Waals surface area (Å²) < 4.78 is 0. The van der Waals surface area contributed by atoms with Crippen molar-refractivity contribution in [1.82, 2.24) is 0 Å². The molecule has 0 unspecified atom stereocenters. The summed E-state index contributed by atoms with van der Waals surface area (Å²) in [7, 11) is 0. The van der Waals surface area contributed by atoms with Crippen LogP contribution in [0.15, 0.2) is 18.2 Å². The number of nitrogens with two attached hydrogens (primary N) is 1. The van der Waals surface area contributed by atoms with Crippen molar-refractivity contribution in [3.63, 3.8) is 0 Å². The van der Waals surface area contributed by atoms with Gasteiger partial charge in [0.05, 0.1) is 10.7 Å². The Kier molecular flexibility index (Phi) is 4.19. The summed E-state index contributed by atoms with van der Waals surface area (Å²) in [5, 5.41) is 0.476. The Bertz CT molecular complexity index is 476. The average Bonchev–Trinajstić information content (AvgIpc) is 2.80. The highest BCUT2D eigenvalue weighted by Crippen LogP contribution is 2.45.